The minimum Gasteiger partial charge on any atom is -0.466 e. The van der Waals surface area contributed by atoms with Gasteiger partial charge in [0.15, 0.2) is 0 Å². The summed E-state index contributed by atoms with van der Waals surface area (Å²) >= 11 is 0. The molecule has 0 fully saturated rings. The molecule has 1 amide bonds. The van der Waals surface area contributed by atoms with E-state index in [1.54, 1.807) is 0 Å². The van der Waals surface area contributed by atoms with Gasteiger partial charge in [0.05, 0.1) is 25.4 Å². The van der Waals surface area contributed by atoms with Crippen LogP contribution in [0.1, 0.15) is 380 Å². The Labute approximate surface area is 457 Å². The molecule has 2 unspecified atom stereocenters. The van der Waals surface area contributed by atoms with Crippen LogP contribution in [-0.2, 0) is 14.3 Å². The number of hydrogen-bond acceptors (Lipinski definition) is 5. The lowest BCUT2D eigenvalue weighted by Gasteiger charge is -2.22. The molecule has 0 radical (unpaired) electrons. The van der Waals surface area contributed by atoms with Crippen LogP contribution in [0.15, 0.2) is 12.2 Å². The molecule has 3 N–H and O–H groups in total. The quantitative estimate of drug-likeness (QED) is 0.0320. The third kappa shape index (κ3) is 59.7. The number of nitrogens with one attached hydrogen (secondary N) is 1. The topological polar surface area (TPSA) is 95.9 Å². The van der Waals surface area contributed by atoms with Gasteiger partial charge < -0.3 is 20.3 Å². The van der Waals surface area contributed by atoms with Gasteiger partial charge in [0.1, 0.15) is 0 Å². The number of aliphatic hydroxyl groups excluding tert-OH is 2. The molecule has 0 bridgehead atoms. The zero-order chi connectivity index (χ0) is 52.9. The maximum absolute atomic E-state index is 12.5. The van der Waals surface area contributed by atoms with Crippen molar-refractivity contribution in [3.05, 3.63) is 12.2 Å². The van der Waals surface area contributed by atoms with Crippen LogP contribution in [0, 0.1) is 0 Å². The van der Waals surface area contributed by atoms with Crippen molar-refractivity contribution in [3.8, 4) is 0 Å². The van der Waals surface area contributed by atoms with E-state index >= 15 is 0 Å². The van der Waals surface area contributed by atoms with E-state index in [9.17, 15) is 19.8 Å². The second-order valence-electron chi connectivity index (χ2n) is 23.2. The maximum atomic E-state index is 12.5. The van der Waals surface area contributed by atoms with Gasteiger partial charge >= 0.3 is 5.97 Å². The van der Waals surface area contributed by atoms with Crippen LogP contribution in [0.2, 0.25) is 0 Å². The first-order chi connectivity index (χ1) is 36.0. The molecule has 6 heteroatoms. The van der Waals surface area contributed by atoms with E-state index < -0.39 is 12.1 Å². The highest BCUT2D eigenvalue weighted by molar-refractivity contribution is 5.76. The lowest BCUT2D eigenvalue weighted by atomic mass is 10.0. The Morgan fingerprint density at radius 1 is 0.370 bits per heavy atom. The third-order valence-electron chi connectivity index (χ3n) is 15.8. The summed E-state index contributed by atoms with van der Waals surface area (Å²) in [5.41, 5.74) is 0. The smallest absolute Gasteiger partial charge is 0.305 e. The van der Waals surface area contributed by atoms with Crippen molar-refractivity contribution < 1.29 is 24.5 Å². The molecule has 73 heavy (non-hydrogen) atoms. The maximum Gasteiger partial charge on any atom is 0.305 e. The molecule has 0 heterocycles. The van der Waals surface area contributed by atoms with Crippen molar-refractivity contribution in [1.29, 1.82) is 0 Å². The van der Waals surface area contributed by atoms with Crippen LogP contribution in [0.4, 0.5) is 0 Å². The first-order valence-electron chi connectivity index (χ1n) is 33.4. The van der Waals surface area contributed by atoms with E-state index in [1.165, 1.54) is 302 Å². The molecule has 0 aliphatic carbocycles. The highest BCUT2D eigenvalue weighted by Gasteiger charge is 2.20. The zero-order valence-corrected chi connectivity index (χ0v) is 49.6. The van der Waals surface area contributed by atoms with Gasteiger partial charge in [-0.15, -0.1) is 0 Å². The van der Waals surface area contributed by atoms with Crippen LogP contribution >= 0.6 is 0 Å². The number of carbonyl (C=O) groups excluding carboxylic acids is 2. The number of esters is 1. The SMILES string of the molecule is CCCCC/C=C\CCCCCCCC(=O)OCCCCCCCCCCCCCCCCCCCCCCCCCCCCCCCCC(=O)NC(CO)C(O)CCCCCCCCCCCCCCCC. The van der Waals surface area contributed by atoms with Crippen molar-refractivity contribution in [2.45, 2.75) is 392 Å². The predicted molar refractivity (Wildman–Crippen MR) is 320 cm³/mol. The summed E-state index contributed by atoms with van der Waals surface area (Å²) in [7, 11) is 0. The van der Waals surface area contributed by atoms with Crippen molar-refractivity contribution in [2.24, 2.45) is 0 Å². The van der Waals surface area contributed by atoms with E-state index in [2.05, 4.69) is 31.3 Å². The number of unbranched alkanes of at least 4 members (excludes halogenated alkanes) is 50. The summed E-state index contributed by atoms with van der Waals surface area (Å²) in [6.07, 6.45) is 76.8. The van der Waals surface area contributed by atoms with Crippen molar-refractivity contribution in [3.63, 3.8) is 0 Å². The Morgan fingerprint density at radius 3 is 1.00 bits per heavy atom. The number of aliphatic hydroxyl groups is 2. The number of allylic oxidation sites excluding steroid dienone is 2. The molecular weight excluding hydrogens is 899 g/mol. The van der Waals surface area contributed by atoms with Crippen molar-refractivity contribution in [1.82, 2.24) is 5.32 Å². The summed E-state index contributed by atoms with van der Waals surface area (Å²) in [5, 5.41) is 23.3. The average Bonchev–Trinajstić information content (AvgIpc) is 3.39. The minimum atomic E-state index is -0.660. The molecular formula is C67H131NO5. The summed E-state index contributed by atoms with van der Waals surface area (Å²) in [6, 6.07) is -0.537. The fourth-order valence-corrected chi connectivity index (χ4v) is 10.7. The van der Waals surface area contributed by atoms with Gasteiger partial charge in [0.25, 0.3) is 0 Å². The normalized spacial score (nSPS) is 12.5. The Kier molecular flexibility index (Phi) is 61.9. The standard InChI is InChI=1S/C67H131NO5/c1-3-5-7-9-11-13-15-17-36-39-43-47-51-55-59-65(70)64(63-69)68-66(71)60-56-52-48-44-40-37-34-32-30-28-26-24-22-20-18-19-21-23-25-27-29-31-33-35-38-42-46-50-54-58-62-73-67(72)61-57-53-49-45-41-16-14-12-10-8-6-4-2/h12,14,64-65,69-70H,3-11,13,15-63H2,1-2H3,(H,68,71)/b14-12-. The lowest BCUT2D eigenvalue weighted by Crippen LogP contribution is -2.45. The van der Waals surface area contributed by atoms with Crippen LogP contribution < -0.4 is 5.32 Å². The molecule has 0 saturated carbocycles. The first-order valence-corrected chi connectivity index (χ1v) is 33.4. The molecule has 0 aliphatic rings. The summed E-state index contributed by atoms with van der Waals surface area (Å²) in [4.78, 5) is 24.5. The van der Waals surface area contributed by atoms with Gasteiger partial charge in [0, 0.05) is 12.8 Å². The average molecular weight is 1030 g/mol. The number of ether oxygens (including phenoxy) is 1. The summed E-state index contributed by atoms with van der Waals surface area (Å²) in [5.74, 6) is -0.0179. The zero-order valence-electron chi connectivity index (χ0n) is 49.6. The van der Waals surface area contributed by atoms with Gasteiger partial charge in [0.2, 0.25) is 5.91 Å². The van der Waals surface area contributed by atoms with Crippen LogP contribution in [0.5, 0.6) is 0 Å². The van der Waals surface area contributed by atoms with Crippen LogP contribution in [0.25, 0.3) is 0 Å². The van der Waals surface area contributed by atoms with Gasteiger partial charge in [-0.3, -0.25) is 9.59 Å². The van der Waals surface area contributed by atoms with Crippen LogP contribution in [-0.4, -0.2) is 47.4 Å². The molecule has 0 spiro atoms. The highest BCUT2D eigenvalue weighted by Crippen LogP contribution is 2.19. The molecule has 0 aliphatic heterocycles. The summed E-state index contributed by atoms with van der Waals surface area (Å²) in [6.45, 7) is 4.96. The second-order valence-corrected chi connectivity index (χ2v) is 23.2. The molecule has 0 aromatic carbocycles. The van der Waals surface area contributed by atoms with E-state index in [-0.39, 0.29) is 18.5 Å². The largest absolute Gasteiger partial charge is 0.466 e. The van der Waals surface area contributed by atoms with Crippen molar-refractivity contribution in [2.75, 3.05) is 13.2 Å². The van der Waals surface area contributed by atoms with E-state index in [0.717, 1.165) is 44.9 Å². The lowest BCUT2D eigenvalue weighted by molar-refractivity contribution is -0.143. The number of rotatable bonds is 63. The third-order valence-corrected chi connectivity index (χ3v) is 15.8. The number of amides is 1. The minimum absolute atomic E-state index is 0.0106. The summed E-state index contributed by atoms with van der Waals surface area (Å²) < 4.78 is 5.47. The first kappa shape index (κ1) is 71.6. The Hall–Kier alpha value is -1.40. The van der Waals surface area contributed by atoms with Crippen molar-refractivity contribution >= 4 is 11.9 Å². The molecule has 434 valence electrons. The van der Waals surface area contributed by atoms with Gasteiger partial charge in [-0.25, -0.2) is 0 Å². The monoisotopic (exact) mass is 1030 g/mol. The van der Waals surface area contributed by atoms with E-state index in [4.69, 9.17) is 4.74 Å². The molecule has 0 aromatic rings. The predicted octanol–water partition coefficient (Wildman–Crippen LogP) is 21.2. The fraction of sp³-hybridized carbons (Fsp3) is 0.940. The van der Waals surface area contributed by atoms with Gasteiger partial charge in [-0.2, -0.15) is 0 Å². The molecule has 0 saturated heterocycles. The van der Waals surface area contributed by atoms with Gasteiger partial charge in [-0.1, -0.05) is 328 Å². The second kappa shape index (κ2) is 63.1. The number of hydrogen-bond donors (Lipinski definition) is 3. The Balaban J connectivity index is 3.32. The highest BCUT2D eigenvalue weighted by atomic mass is 16.5. The van der Waals surface area contributed by atoms with Gasteiger partial charge in [-0.05, 0) is 51.4 Å². The Morgan fingerprint density at radius 2 is 0.644 bits per heavy atom. The fourth-order valence-electron chi connectivity index (χ4n) is 10.7. The van der Waals surface area contributed by atoms with E-state index in [1.807, 2.05) is 0 Å². The van der Waals surface area contributed by atoms with Crippen LogP contribution in [0.3, 0.4) is 0 Å². The molecule has 0 aromatic heterocycles. The molecule has 6 nitrogen and oxygen atoms in total. The Bertz CT molecular complexity index is 1100. The molecule has 0 rings (SSSR count). The molecule has 2 atom stereocenters. The van der Waals surface area contributed by atoms with E-state index in [0.29, 0.717) is 25.9 Å². The number of carbonyl (C=O) groups is 2.